The number of nitrogens with one attached hydrogen (secondary N) is 1. The molecule has 2 heterocycles. The molecule has 0 bridgehead atoms. The Hall–Kier alpha value is -2.10. The number of ether oxygens (including phenoxy) is 1. The molecule has 3 rings (SSSR count). The topological polar surface area (TPSA) is 81.9 Å². The number of rotatable bonds is 7. The van der Waals surface area contributed by atoms with Gasteiger partial charge in [-0.25, -0.2) is 4.98 Å². The Bertz CT molecular complexity index is 1010. The summed E-state index contributed by atoms with van der Waals surface area (Å²) in [6, 6.07) is 9.04. The van der Waals surface area contributed by atoms with Crippen molar-refractivity contribution in [1.29, 1.82) is 0 Å². The van der Waals surface area contributed by atoms with Gasteiger partial charge in [0.05, 0.1) is 5.75 Å². The van der Waals surface area contributed by atoms with Crippen LogP contribution < -0.4 is 10.1 Å². The third kappa shape index (κ3) is 5.71. The first-order valence-electron chi connectivity index (χ1n) is 8.70. The molecule has 2 aromatic heterocycles. The average Bonchev–Trinajstić information content (AvgIpc) is 3.05. The predicted octanol–water partition coefficient (Wildman–Crippen LogP) is 4.81. The van der Waals surface area contributed by atoms with Crippen LogP contribution >= 0.6 is 39.3 Å². The van der Waals surface area contributed by atoms with Crippen molar-refractivity contribution in [3.05, 3.63) is 57.4 Å². The molecule has 1 N–H and O–H groups in total. The van der Waals surface area contributed by atoms with Crippen molar-refractivity contribution in [3.63, 3.8) is 0 Å². The lowest BCUT2D eigenvalue weighted by molar-refractivity contribution is -0.113. The van der Waals surface area contributed by atoms with Gasteiger partial charge in [0.25, 0.3) is 0 Å². The van der Waals surface area contributed by atoms with Gasteiger partial charge in [-0.15, -0.1) is 10.2 Å². The number of nitrogens with zero attached hydrogens (tertiary/aromatic N) is 4. The Morgan fingerprint density at radius 1 is 1.34 bits per heavy atom. The maximum atomic E-state index is 12.1. The summed E-state index contributed by atoms with van der Waals surface area (Å²) >= 11 is 10.7. The van der Waals surface area contributed by atoms with E-state index < -0.39 is 0 Å². The average molecular weight is 497 g/mol. The van der Waals surface area contributed by atoms with Crippen LogP contribution in [0.5, 0.6) is 5.75 Å². The lowest BCUT2D eigenvalue weighted by Gasteiger charge is -2.15. The zero-order valence-corrected chi connectivity index (χ0v) is 19.2. The molecule has 29 heavy (non-hydrogen) atoms. The zero-order valence-electron chi connectivity index (χ0n) is 16.0. The molecule has 7 nitrogen and oxygen atoms in total. The number of hydrogen-bond donors (Lipinski definition) is 1. The molecule has 0 saturated carbocycles. The van der Waals surface area contributed by atoms with Crippen LogP contribution in [0, 0.1) is 6.92 Å². The number of aromatic nitrogens is 4. The van der Waals surface area contributed by atoms with Crippen LogP contribution in [0.15, 0.2) is 46.2 Å². The van der Waals surface area contributed by atoms with Crippen molar-refractivity contribution < 1.29 is 9.53 Å². The summed E-state index contributed by atoms with van der Waals surface area (Å²) in [5.41, 5.74) is 0.942. The quantitative estimate of drug-likeness (QED) is 0.473. The van der Waals surface area contributed by atoms with Crippen LogP contribution in [0.1, 0.15) is 24.4 Å². The molecule has 0 spiro atoms. The molecule has 1 unspecified atom stereocenters. The summed E-state index contributed by atoms with van der Waals surface area (Å²) in [4.78, 5) is 16.3. The third-order valence-electron chi connectivity index (χ3n) is 4.00. The molecule has 0 aliphatic carbocycles. The van der Waals surface area contributed by atoms with Crippen molar-refractivity contribution in [1.82, 2.24) is 19.7 Å². The van der Waals surface area contributed by atoms with E-state index in [-0.39, 0.29) is 17.8 Å². The normalized spacial score (nSPS) is 11.9. The highest BCUT2D eigenvalue weighted by molar-refractivity contribution is 9.10. The molecular formula is C19H19BrClN5O2S. The summed E-state index contributed by atoms with van der Waals surface area (Å²) in [6.45, 7) is 3.82. The number of pyridine rings is 1. The number of carbonyl (C=O) groups is 1. The minimum absolute atomic E-state index is 0.171. The highest BCUT2D eigenvalue weighted by Gasteiger charge is 2.18. The molecule has 3 aromatic rings. The highest BCUT2D eigenvalue weighted by Crippen LogP contribution is 2.26. The fraction of sp³-hybridized carbons (Fsp3) is 0.263. The van der Waals surface area contributed by atoms with Gasteiger partial charge in [-0.1, -0.05) is 23.4 Å². The van der Waals surface area contributed by atoms with Gasteiger partial charge < -0.3 is 14.6 Å². The van der Waals surface area contributed by atoms with Crippen molar-refractivity contribution in [2.45, 2.75) is 25.1 Å². The van der Waals surface area contributed by atoms with Crippen LogP contribution in [0.25, 0.3) is 0 Å². The van der Waals surface area contributed by atoms with E-state index in [2.05, 4.69) is 36.4 Å². The van der Waals surface area contributed by atoms with Crippen molar-refractivity contribution in [3.8, 4) is 5.75 Å². The first-order chi connectivity index (χ1) is 13.8. The van der Waals surface area contributed by atoms with Crippen LogP contribution in [-0.4, -0.2) is 31.4 Å². The minimum atomic E-state index is -0.316. The van der Waals surface area contributed by atoms with Gasteiger partial charge in [0.2, 0.25) is 5.91 Å². The monoisotopic (exact) mass is 495 g/mol. The van der Waals surface area contributed by atoms with E-state index in [0.717, 1.165) is 10.0 Å². The Kier molecular flexibility index (Phi) is 7.15. The number of carbonyl (C=O) groups excluding carboxylic acids is 1. The molecule has 10 heteroatoms. The molecule has 1 amide bonds. The lowest BCUT2D eigenvalue weighted by atomic mass is 10.2. The summed E-state index contributed by atoms with van der Waals surface area (Å²) < 4.78 is 8.63. The van der Waals surface area contributed by atoms with E-state index in [9.17, 15) is 4.79 Å². The van der Waals surface area contributed by atoms with E-state index in [0.29, 0.717) is 27.6 Å². The van der Waals surface area contributed by atoms with Crippen LogP contribution in [-0.2, 0) is 11.8 Å². The first-order valence-corrected chi connectivity index (χ1v) is 10.9. The van der Waals surface area contributed by atoms with Gasteiger partial charge in [-0.2, -0.15) is 0 Å². The Balaban J connectivity index is 1.58. The fourth-order valence-corrected chi connectivity index (χ4v) is 3.58. The molecule has 0 aliphatic rings. The summed E-state index contributed by atoms with van der Waals surface area (Å²) in [5.74, 6) is 1.89. The first kappa shape index (κ1) is 21.6. The highest BCUT2D eigenvalue weighted by atomic mass is 79.9. The van der Waals surface area contributed by atoms with Crippen molar-refractivity contribution in [2.75, 3.05) is 11.1 Å². The van der Waals surface area contributed by atoms with Crippen LogP contribution in [0.2, 0.25) is 5.02 Å². The molecular weight excluding hydrogens is 478 g/mol. The number of halogens is 2. The second kappa shape index (κ2) is 9.60. The number of anilines is 1. The largest absolute Gasteiger partial charge is 0.483 e. The van der Waals surface area contributed by atoms with Gasteiger partial charge >= 0.3 is 0 Å². The summed E-state index contributed by atoms with van der Waals surface area (Å²) in [6.07, 6.45) is 1.31. The molecule has 1 aromatic carbocycles. The molecule has 1 atom stereocenters. The molecule has 0 saturated heterocycles. The zero-order chi connectivity index (χ0) is 21.0. The smallest absolute Gasteiger partial charge is 0.236 e. The maximum Gasteiger partial charge on any atom is 0.236 e. The number of hydrogen-bond acceptors (Lipinski definition) is 6. The Morgan fingerprint density at radius 2 is 2.14 bits per heavy atom. The summed E-state index contributed by atoms with van der Waals surface area (Å²) in [7, 11) is 1.85. The van der Waals surface area contributed by atoms with Gasteiger partial charge in [-0.05, 0) is 65.7 Å². The van der Waals surface area contributed by atoms with Gasteiger partial charge in [0.15, 0.2) is 17.1 Å². The van der Waals surface area contributed by atoms with Crippen LogP contribution in [0.4, 0.5) is 5.82 Å². The Labute approximate surface area is 186 Å². The number of aryl methyl sites for hydroxylation is 1. The fourth-order valence-electron chi connectivity index (χ4n) is 2.51. The maximum absolute atomic E-state index is 12.1. The summed E-state index contributed by atoms with van der Waals surface area (Å²) in [5, 5.41) is 12.5. The van der Waals surface area contributed by atoms with Crippen molar-refractivity contribution >= 4 is 51.0 Å². The van der Waals surface area contributed by atoms with E-state index in [1.807, 2.05) is 43.7 Å². The molecule has 0 aliphatic heterocycles. The molecule has 0 radical (unpaired) electrons. The van der Waals surface area contributed by atoms with E-state index in [4.69, 9.17) is 16.3 Å². The second-order valence-corrected chi connectivity index (χ2v) is 8.53. The number of thioether (sulfide) groups is 1. The minimum Gasteiger partial charge on any atom is -0.483 e. The van der Waals surface area contributed by atoms with Gasteiger partial charge in [0.1, 0.15) is 11.6 Å². The predicted molar refractivity (Wildman–Crippen MR) is 118 cm³/mol. The second-order valence-electron chi connectivity index (χ2n) is 6.27. The van der Waals surface area contributed by atoms with Crippen molar-refractivity contribution in [2.24, 2.45) is 7.05 Å². The van der Waals surface area contributed by atoms with Gasteiger partial charge in [-0.3, -0.25) is 4.79 Å². The van der Waals surface area contributed by atoms with Crippen LogP contribution in [0.3, 0.4) is 0 Å². The lowest BCUT2D eigenvalue weighted by Crippen LogP contribution is -2.15. The van der Waals surface area contributed by atoms with Gasteiger partial charge in [0, 0.05) is 22.7 Å². The molecule has 152 valence electrons. The standard InChI is InChI=1S/C19H19BrClN5O2S/c1-11-8-14(5-6-15(11)21)28-12(2)18-24-25-19(26(18)3)29-10-17(27)23-16-7-4-13(20)9-22-16/h4-9,12H,10H2,1-3H3,(H,22,23,27). The molecule has 0 fully saturated rings. The van der Waals surface area contributed by atoms with E-state index >= 15 is 0 Å². The third-order valence-corrected chi connectivity index (χ3v) is 5.92. The Morgan fingerprint density at radius 3 is 2.83 bits per heavy atom. The number of benzene rings is 1. The van der Waals surface area contributed by atoms with E-state index in [1.54, 1.807) is 18.3 Å². The number of amides is 1. The van der Waals surface area contributed by atoms with E-state index in [1.165, 1.54) is 11.8 Å². The SMILES string of the molecule is Cc1cc(OC(C)c2nnc(SCC(=O)Nc3ccc(Br)cn3)n2C)ccc1Cl.